The molecule has 17 heavy (non-hydrogen) atoms. The summed E-state index contributed by atoms with van der Waals surface area (Å²) in [5, 5.41) is 0. The normalized spacial score (nSPS) is 32.5. The van der Waals surface area contributed by atoms with Crippen molar-refractivity contribution in [1.82, 2.24) is 0 Å². The molecule has 3 rings (SSSR count). The van der Waals surface area contributed by atoms with Gasteiger partial charge in [-0.1, -0.05) is 18.2 Å². The average molecular weight is 233 g/mol. The summed E-state index contributed by atoms with van der Waals surface area (Å²) in [6.07, 6.45) is 6.32. The molecular formula is C15H20FN. The molecule has 2 N–H and O–H groups in total. The van der Waals surface area contributed by atoms with Crippen LogP contribution in [0.1, 0.15) is 48.8 Å². The number of benzene rings is 1. The fourth-order valence-corrected chi connectivity index (χ4v) is 3.24. The van der Waals surface area contributed by atoms with Crippen molar-refractivity contribution in [2.24, 2.45) is 5.73 Å². The molecule has 1 aromatic carbocycles. The van der Waals surface area contributed by atoms with Gasteiger partial charge in [-0.25, -0.2) is 4.39 Å². The van der Waals surface area contributed by atoms with E-state index in [0.29, 0.717) is 12.8 Å². The average Bonchev–Trinajstić information content (AvgIpc) is 2.80. The molecule has 0 spiro atoms. The van der Waals surface area contributed by atoms with E-state index < -0.39 is 5.67 Å². The van der Waals surface area contributed by atoms with E-state index in [-0.39, 0.29) is 6.04 Å². The van der Waals surface area contributed by atoms with E-state index in [9.17, 15) is 4.39 Å². The van der Waals surface area contributed by atoms with Gasteiger partial charge in [0.05, 0.1) is 0 Å². The second-order valence-electron chi connectivity index (χ2n) is 5.64. The van der Waals surface area contributed by atoms with Gasteiger partial charge < -0.3 is 5.73 Å². The Kier molecular flexibility index (Phi) is 2.70. The van der Waals surface area contributed by atoms with Gasteiger partial charge in [0.15, 0.2) is 0 Å². The van der Waals surface area contributed by atoms with Gasteiger partial charge in [-0.15, -0.1) is 0 Å². The molecule has 0 radical (unpaired) electrons. The van der Waals surface area contributed by atoms with Crippen LogP contribution in [0.3, 0.4) is 0 Å². The van der Waals surface area contributed by atoms with Crippen molar-refractivity contribution in [3.05, 3.63) is 34.9 Å². The minimum atomic E-state index is -1.12. The fraction of sp³-hybridized carbons (Fsp3) is 0.600. The zero-order valence-electron chi connectivity index (χ0n) is 10.2. The largest absolute Gasteiger partial charge is 0.328 e. The Labute approximate surface area is 102 Å². The lowest BCUT2D eigenvalue weighted by molar-refractivity contribution is 0.0978. The monoisotopic (exact) mass is 233 g/mol. The van der Waals surface area contributed by atoms with E-state index in [1.165, 1.54) is 24.0 Å². The maximum Gasteiger partial charge on any atom is 0.136 e. The first kappa shape index (κ1) is 11.2. The smallest absolute Gasteiger partial charge is 0.136 e. The van der Waals surface area contributed by atoms with Gasteiger partial charge in [-0.3, -0.25) is 0 Å². The summed E-state index contributed by atoms with van der Waals surface area (Å²) in [5.74, 6) is 0. The van der Waals surface area contributed by atoms with Crippen LogP contribution in [0.2, 0.25) is 0 Å². The van der Waals surface area contributed by atoms with Crippen LogP contribution in [-0.2, 0) is 18.5 Å². The van der Waals surface area contributed by atoms with Gasteiger partial charge in [-0.05, 0) is 61.6 Å². The van der Waals surface area contributed by atoms with Gasteiger partial charge in [0.25, 0.3) is 0 Å². The van der Waals surface area contributed by atoms with Crippen molar-refractivity contribution in [3.63, 3.8) is 0 Å². The molecule has 2 heteroatoms. The molecule has 1 fully saturated rings. The molecule has 0 atom stereocenters. The van der Waals surface area contributed by atoms with Crippen LogP contribution < -0.4 is 5.73 Å². The minimum absolute atomic E-state index is 0.202. The lowest BCUT2D eigenvalue weighted by atomic mass is 9.79. The first-order valence-electron chi connectivity index (χ1n) is 6.74. The molecule has 2 aliphatic rings. The number of halogens is 1. The fourth-order valence-electron chi connectivity index (χ4n) is 3.24. The first-order valence-corrected chi connectivity index (χ1v) is 6.74. The predicted octanol–water partition coefficient (Wildman–Crippen LogP) is 3.24. The molecule has 0 unspecified atom stereocenters. The number of aryl methyl sites for hydroxylation is 2. The van der Waals surface area contributed by atoms with Gasteiger partial charge >= 0.3 is 0 Å². The Morgan fingerprint density at radius 2 is 1.82 bits per heavy atom. The molecule has 2 aliphatic carbocycles. The molecule has 0 amide bonds. The van der Waals surface area contributed by atoms with Crippen molar-refractivity contribution < 1.29 is 4.39 Å². The van der Waals surface area contributed by atoms with Gasteiger partial charge in [0.1, 0.15) is 5.67 Å². The van der Waals surface area contributed by atoms with Gasteiger partial charge in [0.2, 0.25) is 0 Å². The van der Waals surface area contributed by atoms with Crippen LogP contribution >= 0.6 is 0 Å². The maximum absolute atomic E-state index is 14.9. The third-order valence-electron chi connectivity index (χ3n) is 4.44. The molecule has 0 aromatic heterocycles. The molecule has 1 nitrogen and oxygen atoms in total. The number of hydrogen-bond donors (Lipinski definition) is 1. The Morgan fingerprint density at radius 3 is 2.59 bits per heavy atom. The zero-order valence-corrected chi connectivity index (χ0v) is 10.2. The number of hydrogen-bond acceptors (Lipinski definition) is 1. The number of nitrogens with two attached hydrogens (primary N) is 1. The van der Waals surface area contributed by atoms with Crippen LogP contribution in [0.25, 0.3) is 0 Å². The summed E-state index contributed by atoms with van der Waals surface area (Å²) in [6, 6.07) is 6.45. The summed E-state index contributed by atoms with van der Waals surface area (Å²) in [4.78, 5) is 0. The second-order valence-corrected chi connectivity index (χ2v) is 5.64. The highest BCUT2D eigenvalue weighted by atomic mass is 19.1. The molecule has 0 saturated heterocycles. The summed E-state index contributed by atoms with van der Waals surface area (Å²) in [5.41, 5.74) is 8.42. The standard InChI is InChI=1S/C15H20FN/c16-15(8-6-14(17)7-9-15)13-5-4-11-2-1-3-12(11)10-13/h4-5,10,14H,1-3,6-9,17H2. The van der Waals surface area contributed by atoms with Crippen LogP contribution in [0.5, 0.6) is 0 Å². The van der Waals surface area contributed by atoms with E-state index >= 15 is 0 Å². The number of alkyl halides is 1. The van der Waals surface area contributed by atoms with Crippen molar-refractivity contribution in [2.45, 2.75) is 56.7 Å². The first-order chi connectivity index (χ1) is 8.17. The summed E-state index contributed by atoms with van der Waals surface area (Å²) in [6.45, 7) is 0. The van der Waals surface area contributed by atoms with E-state index in [4.69, 9.17) is 5.73 Å². The molecule has 1 aromatic rings. The van der Waals surface area contributed by atoms with E-state index in [1.54, 1.807) is 0 Å². The highest BCUT2D eigenvalue weighted by Crippen LogP contribution is 2.41. The highest BCUT2D eigenvalue weighted by molar-refractivity contribution is 5.38. The van der Waals surface area contributed by atoms with E-state index in [1.807, 2.05) is 6.07 Å². The van der Waals surface area contributed by atoms with Gasteiger partial charge in [0, 0.05) is 6.04 Å². The Bertz CT molecular complexity index is 419. The zero-order chi connectivity index (χ0) is 11.9. The molecular weight excluding hydrogens is 213 g/mol. The van der Waals surface area contributed by atoms with E-state index in [2.05, 4.69) is 12.1 Å². The van der Waals surface area contributed by atoms with Crippen molar-refractivity contribution >= 4 is 0 Å². The quantitative estimate of drug-likeness (QED) is 0.791. The van der Waals surface area contributed by atoms with Crippen LogP contribution in [-0.4, -0.2) is 6.04 Å². The number of rotatable bonds is 1. The summed E-state index contributed by atoms with van der Waals surface area (Å²) in [7, 11) is 0. The summed E-state index contributed by atoms with van der Waals surface area (Å²) >= 11 is 0. The van der Waals surface area contributed by atoms with Crippen LogP contribution in [0.4, 0.5) is 4.39 Å². The second kappa shape index (κ2) is 4.09. The highest BCUT2D eigenvalue weighted by Gasteiger charge is 2.36. The van der Waals surface area contributed by atoms with Crippen LogP contribution in [0.15, 0.2) is 18.2 Å². The molecule has 0 aliphatic heterocycles. The number of fused-ring (bicyclic) bond motifs is 1. The lowest BCUT2D eigenvalue weighted by Crippen LogP contribution is -2.34. The topological polar surface area (TPSA) is 26.0 Å². The third-order valence-corrected chi connectivity index (χ3v) is 4.44. The SMILES string of the molecule is NC1CCC(F)(c2ccc3c(c2)CCC3)CC1. The lowest BCUT2D eigenvalue weighted by Gasteiger charge is -2.33. The van der Waals surface area contributed by atoms with Crippen molar-refractivity contribution in [1.29, 1.82) is 0 Å². The third kappa shape index (κ3) is 1.99. The Balaban J connectivity index is 1.88. The minimum Gasteiger partial charge on any atom is -0.328 e. The van der Waals surface area contributed by atoms with E-state index in [0.717, 1.165) is 24.8 Å². The predicted molar refractivity (Wildman–Crippen MR) is 67.7 cm³/mol. The van der Waals surface area contributed by atoms with Gasteiger partial charge in [-0.2, -0.15) is 0 Å². The van der Waals surface area contributed by atoms with Crippen LogP contribution in [0, 0.1) is 0 Å². The molecule has 1 saturated carbocycles. The van der Waals surface area contributed by atoms with Crippen molar-refractivity contribution in [3.8, 4) is 0 Å². The molecule has 0 heterocycles. The molecule has 92 valence electrons. The Hall–Kier alpha value is -0.890. The maximum atomic E-state index is 14.9. The molecule has 0 bridgehead atoms. The Morgan fingerprint density at radius 1 is 1.12 bits per heavy atom. The summed E-state index contributed by atoms with van der Waals surface area (Å²) < 4.78 is 14.9. The van der Waals surface area contributed by atoms with Crippen molar-refractivity contribution in [2.75, 3.05) is 0 Å².